The average molecular weight is 328 g/mol. The van der Waals surface area contributed by atoms with Gasteiger partial charge in [0.15, 0.2) is 10.0 Å². The Morgan fingerprint density at radius 3 is 1.88 bits per heavy atom. The molecule has 0 aliphatic heterocycles. The molecule has 0 saturated heterocycles. The summed E-state index contributed by atoms with van der Waals surface area (Å²) in [6.45, 7) is 0. The number of sulfonamides is 2. The maximum absolute atomic E-state index is 11.7. The molecule has 0 radical (unpaired) electrons. The van der Waals surface area contributed by atoms with Gasteiger partial charge >= 0.3 is 56.9 Å². The van der Waals surface area contributed by atoms with Gasteiger partial charge in [0.25, 0.3) is 0 Å². The Hall–Kier alpha value is 1.58. The Bertz CT molecular complexity index is 405. The zero-order valence-electron chi connectivity index (χ0n) is 8.03. The van der Waals surface area contributed by atoms with Gasteiger partial charge in [-0.2, -0.15) is 13.2 Å². The topological polar surface area (TPSA) is 82.4 Å². The fourth-order valence-electron chi connectivity index (χ4n) is 0.466. The van der Waals surface area contributed by atoms with Gasteiger partial charge < -0.3 is 4.13 Å². The van der Waals surface area contributed by atoms with Crippen molar-refractivity contribution in [1.82, 2.24) is 0 Å². The van der Waals surface area contributed by atoms with E-state index in [1.54, 1.807) is 0 Å². The second-order valence-electron chi connectivity index (χ2n) is 2.32. The summed E-state index contributed by atoms with van der Waals surface area (Å²) in [6.07, 6.45) is -0.180. The summed E-state index contributed by atoms with van der Waals surface area (Å²) >= 11 is 5.09. The standard InChI is InChI=1S/C4H6ClF3NO4S2.K/c5-2-1-3-14(10,11)9-15(12,13)4(6,7)8;/h1-3H2;/q-1;+1. The minimum absolute atomic E-state index is 0. The third kappa shape index (κ3) is 7.11. The molecule has 0 N–H and O–H groups in total. The molecular weight excluding hydrogens is 322 g/mol. The van der Waals surface area contributed by atoms with E-state index in [2.05, 4.69) is 0 Å². The van der Waals surface area contributed by atoms with Crippen molar-refractivity contribution in [1.29, 1.82) is 0 Å². The van der Waals surface area contributed by atoms with Crippen molar-refractivity contribution in [3.8, 4) is 0 Å². The van der Waals surface area contributed by atoms with Crippen molar-refractivity contribution in [2.45, 2.75) is 11.9 Å². The van der Waals surface area contributed by atoms with Crippen LogP contribution in [0, 0.1) is 0 Å². The van der Waals surface area contributed by atoms with E-state index in [1.165, 1.54) is 0 Å². The van der Waals surface area contributed by atoms with E-state index in [9.17, 15) is 30.0 Å². The van der Waals surface area contributed by atoms with Crippen LogP contribution in [-0.2, 0) is 20.0 Å². The molecule has 0 spiro atoms. The van der Waals surface area contributed by atoms with Crippen LogP contribution in [0.2, 0.25) is 0 Å². The fraction of sp³-hybridized carbons (Fsp3) is 1.00. The van der Waals surface area contributed by atoms with Crippen molar-refractivity contribution in [2.75, 3.05) is 11.6 Å². The molecule has 5 nitrogen and oxygen atoms in total. The molecule has 12 heteroatoms. The molecular formula is C4H6ClF3KNO4S2. The molecule has 0 unspecified atom stereocenters. The number of hydrogen-bond acceptors (Lipinski definition) is 4. The van der Waals surface area contributed by atoms with Crippen molar-refractivity contribution in [2.24, 2.45) is 0 Å². The fourth-order valence-corrected chi connectivity index (χ4v) is 3.10. The van der Waals surface area contributed by atoms with Gasteiger partial charge in [0.05, 0.1) is 10.0 Å². The quantitative estimate of drug-likeness (QED) is 0.439. The average Bonchev–Trinajstić information content (AvgIpc) is 1.96. The summed E-state index contributed by atoms with van der Waals surface area (Å²) in [5.74, 6) is -0.966. The number of hydrogen-bond donors (Lipinski definition) is 0. The van der Waals surface area contributed by atoms with Crippen LogP contribution in [0.3, 0.4) is 0 Å². The van der Waals surface area contributed by atoms with Crippen LogP contribution < -0.4 is 51.4 Å². The molecule has 0 aromatic rings. The molecule has 0 heterocycles. The predicted molar refractivity (Wildman–Crippen MR) is 47.5 cm³/mol. The van der Waals surface area contributed by atoms with Crippen LogP contribution >= 0.6 is 11.6 Å². The number of nitrogens with zero attached hydrogens (tertiary/aromatic N) is 1. The third-order valence-corrected chi connectivity index (χ3v) is 4.39. The summed E-state index contributed by atoms with van der Waals surface area (Å²) in [4.78, 5) is 0. The molecule has 0 aliphatic carbocycles. The van der Waals surface area contributed by atoms with Crippen LogP contribution in [0.15, 0.2) is 0 Å². The predicted octanol–water partition coefficient (Wildman–Crippen LogP) is -1.83. The molecule has 0 aliphatic rings. The first-order valence-electron chi connectivity index (χ1n) is 3.36. The minimum atomic E-state index is -5.99. The minimum Gasteiger partial charge on any atom is -0.428 e. The smallest absolute Gasteiger partial charge is 0.428 e. The zero-order chi connectivity index (χ0) is 12.3. The van der Waals surface area contributed by atoms with Gasteiger partial charge in [0, 0.05) is 11.6 Å². The van der Waals surface area contributed by atoms with Gasteiger partial charge in [-0.3, -0.25) is 0 Å². The Labute approximate surface area is 139 Å². The van der Waals surface area contributed by atoms with Gasteiger partial charge in [0.2, 0.25) is 0 Å². The molecule has 0 fully saturated rings. The first-order valence-corrected chi connectivity index (χ1v) is 6.94. The molecule has 16 heavy (non-hydrogen) atoms. The van der Waals surface area contributed by atoms with Gasteiger partial charge in [-0.05, 0) is 6.42 Å². The van der Waals surface area contributed by atoms with Crippen molar-refractivity contribution < 1.29 is 81.4 Å². The monoisotopic (exact) mass is 327 g/mol. The first-order chi connectivity index (χ1) is 6.52. The van der Waals surface area contributed by atoms with Gasteiger partial charge in [0.1, 0.15) is 0 Å². The van der Waals surface area contributed by atoms with Crippen molar-refractivity contribution in [3.63, 3.8) is 0 Å². The summed E-state index contributed by atoms with van der Waals surface area (Å²) in [6, 6.07) is 0. The van der Waals surface area contributed by atoms with Crippen LogP contribution in [0.25, 0.3) is 4.13 Å². The molecule has 92 valence electrons. The Morgan fingerprint density at radius 2 is 1.56 bits per heavy atom. The van der Waals surface area contributed by atoms with Crippen LogP contribution in [0.4, 0.5) is 13.2 Å². The zero-order valence-corrected chi connectivity index (χ0v) is 13.5. The van der Waals surface area contributed by atoms with E-state index in [0.29, 0.717) is 0 Å². The molecule has 0 aromatic carbocycles. The van der Waals surface area contributed by atoms with E-state index < -0.39 is 31.3 Å². The van der Waals surface area contributed by atoms with Crippen molar-refractivity contribution in [3.05, 3.63) is 4.13 Å². The normalized spacial score (nSPS) is 13.2. The molecule has 0 amide bonds. The van der Waals surface area contributed by atoms with Gasteiger partial charge in [-0.15, -0.1) is 11.6 Å². The maximum Gasteiger partial charge on any atom is 1.00 e. The van der Waals surface area contributed by atoms with E-state index in [1.807, 2.05) is 4.13 Å². The number of rotatable bonds is 5. The Balaban J connectivity index is 0. The van der Waals surface area contributed by atoms with Crippen LogP contribution in [0.1, 0.15) is 6.42 Å². The maximum atomic E-state index is 11.7. The molecule has 0 saturated carbocycles. The van der Waals surface area contributed by atoms with Crippen LogP contribution in [-0.4, -0.2) is 34.0 Å². The van der Waals surface area contributed by atoms with Crippen LogP contribution in [0.5, 0.6) is 0 Å². The Morgan fingerprint density at radius 1 is 1.12 bits per heavy atom. The molecule has 0 bridgehead atoms. The first kappa shape index (κ1) is 19.9. The Kier molecular flexibility index (Phi) is 9.00. The second kappa shape index (κ2) is 7.24. The number of halogens is 4. The van der Waals surface area contributed by atoms with E-state index in [4.69, 9.17) is 11.6 Å². The molecule has 0 atom stereocenters. The summed E-state index contributed by atoms with van der Waals surface area (Å²) < 4.78 is 79.1. The summed E-state index contributed by atoms with van der Waals surface area (Å²) in [5.41, 5.74) is -5.71. The summed E-state index contributed by atoms with van der Waals surface area (Å²) in [5, 5.41) is 0. The summed E-state index contributed by atoms with van der Waals surface area (Å²) in [7, 11) is -10.6. The SMILES string of the molecule is O=S(=O)(CCCCl)[N-]S(=O)(=O)C(F)(F)F.[K+]. The third-order valence-electron chi connectivity index (χ3n) is 1.04. The van der Waals surface area contributed by atoms with E-state index in [-0.39, 0.29) is 63.7 Å². The second-order valence-corrected chi connectivity index (χ2v) is 6.28. The van der Waals surface area contributed by atoms with E-state index in [0.717, 1.165) is 0 Å². The van der Waals surface area contributed by atoms with Gasteiger partial charge in [-0.25, -0.2) is 16.8 Å². The molecule has 0 aromatic heterocycles. The molecule has 0 rings (SSSR count). The van der Waals surface area contributed by atoms with Gasteiger partial charge in [-0.1, -0.05) is 0 Å². The number of alkyl halides is 4. The van der Waals surface area contributed by atoms with E-state index >= 15 is 0 Å². The largest absolute Gasteiger partial charge is 1.00 e. The van der Waals surface area contributed by atoms with Crippen molar-refractivity contribution >= 4 is 31.6 Å².